The van der Waals surface area contributed by atoms with Crippen LogP contribution < -0.4 is 10.2 Å². The SMILES string of the molecule is CC(C)N(C)c1cccc(NC(=O)C2(S(=O)(=O)c3ccc(Cl)cc3)CCCC2)c1. The van der Waals surface area contributed by atoms with Gasteiger partial charge in [0.15, 0.2) is 14.6 Å². The van der Waals surface area contributed by atoms with E-state index in [9.17, 15) is 13.2 Å². The van der Waals surface area contributed by atoms with E-state index in [1.165, 1.54) is 12.1 Å². The molecule has 1 aliphatic rings. The van der Waals surface area contributed by atoms with E-state index < -0.39 is 20.5 Å². The highest BCUT2D eigenvalue weighted by atomic mass is 35.5. The Labute approximate surface area is 178 Å². The molecule has 0 atom stereocenters. The first-order valence-electron chi connectivity index (χ1n) is 9.82. The Morgan fingerprint density at radius 3 is 2.31 bits per heavy atom. The summed E-state index contributed by atoms with van der Waals surface area (Å²) in [6.45, 7) is 4.16. The zero-order valence-electron chi connectivity index (χ0n) is 17.0. The van der Waals surface area contributed by atoms with Crippen LogP contribution in [0.5, 0.6) is 0 Å². The number of anilines is 2. The van der Waals surface area contributed by atoms with Gasteiger partial charge in [0.05, 0.1) is 4.90 Å². The van der Waals surface area contributed by atoms with Crippen molar-refractivity contribution in [1.82, 2.24) is 0 Å². The number of nitrogens with one attached hydrogen (secondary N) is 1. The van der Waals surface area contributed by atoms with Gasteiger partial charge >= 0.3 is 0 Å². The molecule has 7 heteroatoms. The fourth-order valence-electron chi connectivity index (χ4n) is 3.75. The number of hydrogen-bond acceptors (Lipinski definition) is 4. The van der Waals surface area contributed by atoms with E-state index >= 15 is 0 Å². The van der Waals surface area contributed by atoms with Crippen LogP contribution in [0.25, 0.3) is 0 Å². The van der Waals surface area contributed by atoms with Crippen LogP contribution in [0.15, 0.2) is 53.4 Å². The first-order chi connectivity index (χ1) is 13.7. The summed E-state index contributed by atoms with van der Waals surface area (Å²) < 4.78 is 25.4. The number of hydrogen-bond donors (Lipinski definition) is 1. The summed E-state index contributed by atoms with van der Waals surface area (Å²) >= 11 is 5.91. The molecular weight excluding hydrogens is 408 g/mol. The molecule has 1 saturated carbocycles. The second-order valence-corrected chi connectivity index (χ2v) is 10.6. The van der Waals surface area contributed by atoms with Crippen molar-refractivity contribution in [2.75, 3.05) is 17.3 Å². The van der Waals surface area contributed by atoms with Gasteiger partial charge < -0.3 is 10.2 Å². The third-order valence-corrected chi connectivity index (χ3v) is 8.52. The minimum atomic E-state index is -3.86. The van der Waals surface area contributed by atoms with Gasteiger partial charge in [0.1, 0.15) is 0 Å². The summed E-state index contributed by atoms with van der Waals surface area (Å²) in [6, 6.07) is 13.8. The highest BCUT2D eigenvalue weighted by molar-refractivity contribution is 7.93. The van der Waals surface area contributed by atoms with Crippen LogP contribution in [-0.4, -0.2) is 32.2 Å². The maximum absolute atomic E-state index is 13.5. The minimum absolute atomic E-state index is 0.132. The second-order valence-electron chi connectivity index (χ2n) is 7.87. The number of carbonyl (C=O) groups excluding carboxylic acids is 1. The van der Waals surface area contributed by atoms with Crippen molar-refractivity contribution in [3.8, 4) is 0 Å². The summed E-state index contributed by atoms with van der Waals surface area (Å²) in [4.78, 5) is 15.5. The molecule has 0 radical (unpaired) electrons. The zero-order valence-corrected chi connectivity index (χ0v) is 18.6. The summed E-state index contributed by atoms with van der Waals surface area (Å²) in [6.07, 6.45) is 2.04. The standard InChI is InChI=1S/C22H27ClN2O3S/c1-16(2)25(3)19-8-6-7-18(15-19)24-21(26)22(13-4-5-14-22)29(27,28)20-11-9-17(23)10-12-20/h6-12,15-16H,4-5,13-14H2,1-3H3,(H,24,26). The minimum Gasteiger partial charge on any atom is -0.372 e. The van der Waals surface area contributed by atoms with Gasteiger partial charge in [0.2, 0.25) is 5.91 Å². The maximum atomic E-state index is 13.5. The topological polar surface area (TPSA) is 66.5 Å². The Hall–Kier alpha value is -2.05. The molecule has 0 aliphatic heterocycles. The number of benzene rings is 2. The number of halogens is 1. The monoisotopic (exact) mass is 434 g/mol. The lowest BCUT2D eigenvalue weighted by atomic mass is 10.1. The van der Waals surface area contributed by atoms with Crippen LogP contribution >= 0.6 is 11.6 Å². The van der Waals surface area contributed by atoms with Crippen molar-refractivity contribution >= 4 is 38.7 Å². The third-order valence-electron chi connectivity index (χ3n) is 5.75. The van der Waals surface area contributed by atoms with E-state index in [4.69, 9.17) is 11.6 Å². The lowest BCUT2D eigenvalue weighted by molar-refractivity contribution is -0.118. The quantitative estimate of drug-likeness (QED) is 0.701. The average molecular weight is 435 g/mol. The molecule has 0 spiro atoms. The molecule has 1 N–H and O–H groups in total. The molecule has 156 valence electrons. The van der Waals surface area contributed by atoms with Gasteiger partial charge in [0, 0.05) is 29.5 Å². The number of sulfone groups is 1. The van der Waals surface area contributed by atoms with Gasteiger partial charge in [0.25, 0.3) is 0 Å². The number of amides is 1. The summed E-state index contributed by atoms with van der Waals surface area (Å²) in [5.74, 6) is -0.464. The Bertz CT molecular complexity index is 981. The fourth-order valence-corrected chi connectivity index (χ4v) is 5.94. The number of carbonyl (C=O) groups is 1. The van der Waals surface area contributed by atoms with Crippen LogP contribution in [0.4, 0.5) is 11.4 Å². The first-order valence-corrected chi connectivity index (χ1v) is 11.7. The largest absolute Gasteiger partial charge is 0.372 e. The molecule has 3 rings (SSSR count). The summed E-state index contributed by atoms with van der Waals surface area (Å²) in [5, 5.41) is 3.33. The van der Waals surface area contributed by atoms with E-state index in [-0.39, 0.29) is 4.90 Å². The zero-order chi connectivity index (χ0) is 21.2. The van der Waals surface area contributed by atoms with Gasteiger partial charge in [-0.1, -0.05) is 30.5 Å². The van der Waals surface area contributed by atoms with E-state index in [2.05, 4.69) is 24.1 Å². The molecule has 0 aromatic heterocycles. The molecule has 0 bridgehead atoms. The molecule has 2 aromatic rings. The van der Waals surface area contributed by atoms with Gasteiger partial charge in [-0.2, -0.15) is 0 Å². The van der Waals surface area contributed by atoms with Crippen LogP contribution in [0.3, 0.4) is 0 Å². The Morgan fingerprint density at radius 2 is 1.72 bits per heavy atom. The van der Waals surface area contributed by atoms with E-state index in [0.29, 0.717) is 42.4 Å². The van der Waals surface area contributed by atoms with Gasteiger partial charge in [-0.05, 0) is 69.2 Å². The average Bonchev–Trinajstić information content (AvgIpc) is 3.20. The summed E-state index contributed by atoms with van der Waals surface area (Å²) in [7, 11) is -1.88. The highest BCUT2D eigenvalue weighted by Crippen LogP contribution is 2.41. The molecule has 1 aliphatic carbocycles. The fraction of sp³-hybridized carbons (Fsp3) is 0.409. The van der Waals surface area contributed by atoms with Crippen molar-refractivity contribution in [2.45, 2.75) is 55.2 Å². The molecule has 0 heterocycles. The van der Waals surface area contributed by atoms with Crippen LogP contribution in [0.2, 0.25) is 5.02 Å². The van der Waals surface area contributed by atoms with E-state index in [1.807, 2.05) is 25.2 Å². The van der Waals surface area contributed by atoms with Crippen molar-refractivity contribution in [3.05, 3.63) is 53.6 Å². The summed E-state index contributed by atoms with van der Waals surface area (Å²) in [5.41, 5.74) is 1.55. The predicted octanol–water partition coefficient (Wildman–Crippen LogP) is 4.91. The van der Waals surface area contributed by atoms with Crippen molar-refractivity contribution in [2.24, 2.45) is 0 Å². The van der Waals surface area contributed by atoms with Gasteiger partial charge in [-0.15, -0.1) is 0 Å². The van der Waals surface area contributed by atoms with E-state index in [0.717, 1.165) is 5.69 Å². The molecule has 29 heavy (non-hydrogen) atoms. The van der Waals surface area contributed by atoms with Crippen molar-refractivity contribution in [1.29, 1.82) is 0 Å². The third kappa shape index (κ3) is 4.14. The Morgan fingerprint density at radius 1 is 1.10 bits per heavy atom. The first kappa shape index (κ1) is 21.7. The lowest BCUT2D eigenvalue weighted by Gasteiger charge is -2.28. The van der Waals surface area contributed by atoms with Crippen LogP contribution in [0.1, 0.15) is 39.5 Å². The van der Waals surface area contributed by atoms with Crippen LogP contribution in [-0.2, 0) is 14.6 Å². The number of nitrogens with zero attached hydrogens (tertiary/aromatic N) is 1. The van der Waals surface area contributed by atoms with Gasteiger partial charge in [-0.25, -0.2) is 8.42 Å². The van der Waals surface area contributed by atoms with Gasteiger partial charge in [-0.3, -0.25) is 4.79 Å². The van der Waals surface area contributed by atoms with Crippen molar-refractivity contribution in [3.63, 3.8) is 0 Å². The molecule has 0 unspecified atom stereocenters. The second kappa shape index (κ2) is 8.36. The highest BCUT2D eigenvalue weighted by Gasteiger charge is 2.52. The number of rotatable bonds is 6. The molecule has 5 nitrogen and oxygen atoms in total. The van der Waals surface area contributed by atoms with E-state index in [1.54, 1.807) is 18.2 Å². The smallest absolute Gasteiger partial charge is 0.246 e. The molecule has 0 saturated heterocycles. The predicted molar refractivity (Wildman–Crippen MR) is 118 cm³/mol. The molecule has 1 fully saturated rings. The maximum Gasteiger partial charge on any atom is 0.246 e. The molecular formula is C22H27ClN2O3S. The molecule has 1 amide bonds. The van der Waals surface area contributed by atoms with Crippen molar-refractivity contribution < 1.29 is 13.2 Å². The normalized spacial score (nSPS) is 16.0. The van der Waals surface area contributed by atoms with Crippen LogP contribution in [0, 0.1) is 0 Å². The Kier molecular flexibility index (Phi) is 6.24. The Balaban J connectivity index is 1.93. The lowest BCUT2D eigenvalue weighted by Crippen LogP contribution is -2.47. The molecule has 2 aromatic carbocycles.